The highest BCUT2D eigenvalue weighted by molar-refractivity contribution is 5.94. The molecule has 2 rings (SSSR count). The summed E-state index contributed by atoms with van der Waals surface area (Å²) in [7, 11) is 0. The standard InChI is InChI=1S/C13H16N4O/c14-5-3-11-8-10(4-7-16-11)13(18)17-9-12-2-1-6-15-12/h1-2,4,6-8,15H,3,5,9,14H2,(H,17,18). The van der Waals surface area contributed by atoms with Crippen LogP contribution in [0.3, 0.4) is 0 Å². The number of aromatic amines is 1. The first-order chi connectivity index (χ1) is 8.79. The number of carbonyl (C=O) groups is 1. The van der Waals surface area contributed by atoms with Crippen LogP contribution in [-0.2, 0) is 13.0 Å². The summed E-state index contributed by atoms with van der Waals surface area (Å²) < 4.78 is 0. The summed E-state index contributed by atoms with van der Waals surface area (Å²) in [4.78, 5) is 19.1. The lowest BCUT2D eigenvalue weighted by Crippen LogP contribution is -2.23. The van der Waals surface area contributed by atoms with E-state index in [-0.39, 0.29) is 5.91 Å². The van der Waals surface area contributed by atoms with Crippen molar-refractivity contribution in [2.24, 2.45) is 5.73 Å². The van der Waals surface area contributed by atoms with E-state index < -0.39 is 0 Å². The number of nitrogens with one attached hydrogen (secondary N) is 2. The van der Waals surface area contributed by atoms with Crippen molar-refractivity contribution in [3.05, 3.63) is 53.6 Å². The molecule has 4 N–H and O–H groups in total. The zero-order chi connectivity index (χ0) is 12.8. The van der Waals surface area contributed by atoms with Crippen molar-refractivity contribution in [1.82, 2.24) is 15.3 Å². The molecule has 94 valence electrons. The van der Waals surface area contributed by atoms with Crippen LogP contribution in [0.15, 0.2) is 36.7 Å². The van der Waals surface area contributed by atoms with Gasteiger partial charge in [0.2, 0.25) is 0 Å². The van der Waals surface area contributed by atoms with Gasteiger partial charge < -0.3 is 16.0 Å². The molecular formula is C13H16N4O. The Morgan fingerprint density at radius 1 is 1.44 bits per heavy atom. The lowest BCUT2D eigenvalue weighted by molar-refractivity contribution is 0.0950. The average Bonchev–Trinajstić information content (AvgIpc) is 2.90. The van der Waals surface area contributed by atoms with E-state index in [4.69, 9.17) is 5.73 Å². The van der Waals surface area contributed by atoms with Gasteiger partial charge in [-0.3, -0.25) is 9.78 Å². The Morgan fingerprint density at radius 2 is 2.33 bits per heavy atom. The van der Waals surface area contributed by atoms with Gasteiger partial charge in [-0.1, -0.05) is 0 Å². The van der Waals surface area contributed by atoms with Crippen LogP contribution >= 0.6 is 0 Å². The third-order valence-electron chi connectivity index (χ3n) is 2.58. The number of carbonyl (C=O) groups excluding carboxylic acids is 1. The Balaban J connectivity index is 1.97. The number of nitrogens with zero attached hydrogens (tertiary/aromatic N) is 1. The van der Waals surface area contributed by atoms with Gasteiger partial charge in [0, 0.05) is 35.8 Å². The molecule has 0 spiro atoms. The van der Waals surface area contributed by atoms with Crippen molar-refractivity contribution in [3.8, 4) is 0 Å². The van der Waals surface area contributed by atoms with Crippen LogP contribution in [0.2, 0.25) is 0 Å². The molecule has 0 radical (unpaired) electrons. The van der Waals surface area contributed by atoms with Gasteiger partial charge >= 0.3 is 0 Å². The van der Waals surface area contributed by atoms with E-state index in [1.807, 2.05) is 18.3 Å². The minimum Gasteiger partial charge on any atom is -0.364 e. The second kappa shape index (κ2) is 5.97. The molecule has 0 fully saturated rings. The molecular weight excluding hydrogens is 228 g/mol. The van der Waals surface area contributed by atoms with Crippen molar-refractivity contribution in [2.75, 3.05) is 6.54 Å². The summed E-state index contributed by atoms with van der Waals surface area (Å²) in [5, 5.41) is 2.84. The van der Waals surface area contributed by atoms with Crippen molar-refractivity contribution >= 4 is 5.91 Å². The van der Waals surface area contributed by atoms with Crippen LogP contribution in [0.5, 0.6) is 0 Å². The van der Waals surface area contributed by atoms with E-state index >= 15 is 0 Å². The minimum atomic E-state index is -0.106. The molecule has 2 aromatic heterocycles. The van der Waals surface area contributed by atoms with Gasteiger partial charge in [-0.25, -0.2) is 0 Å². The maximum Gasteiger partial charge on any atom is 0.251 e. The fourth-order valence-corrected chi connectivity index (χ4v) is 1.66. The molecule has 0 atom stereocenters. The van der Waals surface area contributed by atoms with Gasteiger partial charge in [0.15, 0.2) is 0 Å². The first-order valence-electron chi connectivity index (χ1n) is 5.85. The molecule has 0 aliphatic heterocycles. The molecule has 0 aliphatic rings. The lowest BCUT2D eigenvalue weighted by Gasteiger charge is -2.05. The molecule has 0 saturated carbocycles. The van der Waals surface area contributed by atoms with Crippen LogP contribution in [0.1, 0.15) is 21.7 Å². The van der Waals surface area contributed by atoms with Gasteiger partial charge in [0.1, 0.15) is 0 Å². The highest BCUT2D eigenvalue weighted by Gasteiger charge is 2.06. The molecule has 1 amide bonds. The van der Waals surface area contributed by atoms with Gasteiger partial charge in [-0.05, 0) is 30.8 Å². The van der Waals surface area contributed by atoms with E-state index in [1.54, 1.807) is 18.3 Å². The molecule has 5 heteroatoms. The normalized spacial score (nSPS) is 10.3. The second-order valence-corrected chi connectivity index (χ2v) is 3.95. The Hall–Kier alpha value is -2.14. The summed E-state index contributed by atoms with van der Waals surface area (Å²) in [5.74, 6) is -0.106. The number of hydrogen-bond acceptors (Lipinski definition) is 3. The van der Waals surface area contributed by atoms with Gasteiger partial charge in [0.05, 0.1) is 6.54 Å². The van der Waals surface area contributed by atoms with Crippen LogP contribution in [0, 0.1) is 0 Å². The van der Waals surface area contributed by atoms with Crippen molar-refractivity contribution in [2.45, 2.75) is 13.0 Å². The molecule has 0 aromatic carbocycles. The molecule has 0 aliphatic carbocycles. The molecule has 0 bridgehead atoms. The fourth-order valence-electron chi connectivity index (χ4n) is 1.66. The topological polar surface area (TPSA) is 83.8 Å². The Labute approximate surface area is 105 Å². The van der Waals surface area contributed by atoms with Crippen LogP contribution in [0.4, 0.5) is 0 Å². The quantitative estimate of drug-likeness (QED) is 0.728. The highest BCUT2D eigenvalue weighted by atomic mass is 16.1. The summed E-state index contributed by atoms with van der Waals surface area (Å²) in [6.07, 6.45) is 4.14. The summed E-state index contributed by atoms with van der Waals surface area (Å²) in [6.45, 7) is 1.01. The third kappa shape index (κ3) is 3.18. The lowest BCUT2D eigenvalue weighted by atomic mass is 10.2. The molecule has 5 nitrogen and oxygen atoms in total. The number of hydrogen-bond donors (Lipinski definition) is 3. The van der Waals surface area contributed by atoms with E-state index in [2.05, 4.69) is 15.3 Å². The summed E-state index contributed by atoms with van der Waals surface area (Å²) >= 11 is 0. The molecule has 0 unspecified atom stereocenters. The summed E-state index contributed by atoms with van der Waals surface area (Å²) in [5.41, 5.74) is 7.89. The maximum atomic E-state index is 11.9. The second-order valence-electron chi connectivity index (χ2n) is 3.95. The number of pyridine rings is 1. The third-order valence-corrected chi connectivity index (χ3v) is 2.58. The van der Waals surface area contributed by atoms with E-state index in [0.29, 0.717) is 25.1 Å². The molecule has 18 heavy (non-hydrogen) atoms. The first kappa shape index (κ1) is 12.3. The number of H-pyrrole nitrogens is 1. The summed E-state index contributed by atoms with van der Waals surface area (Å²) in [6, 6.07) is 7.29. The first-order valence-corrected chi connectivity index (χ1v) is 5.85. The van der Waals surface area contributed by atoms with Gasteiger partial charge in [-0.2, -0.15) is 0 Å². The van der Waals surface area contributed by atoms with E-state index in [1.165, 1.54) is 0 Å². The van der Waals surface area contributed by atoms with Crippen LogP contribution in [0.25, 0.3) is 0 Å². The van der Waals surface area contributed by atoms with Crippen LogP contribution < -0.4 is 11.1 Å². The Bertz CT molecular complexity index is 507. The zero-order valence-corrected chi connectivity index (χ0v) is 10.0. The zero-order valence-electron chi connectivity index (χ0n) is 10.0. The average molecular weight is 244 g/mol. The Morgan fingerprint density at radius 3 is 3.06 bits per heavy atom. The number of rotatable bonds is 5. The van der Waals surface area contributed by atoms with Crippen molar-refractivity contribution in [3.63, 3.8) is 0 Å². The van der Waals surface area contributed by atoms with Crippen molar-refractivity contribution in [1.29, 1.82) is 0 Å². The number of aromatic nitrogens is 2. The Kier molecular flexibility index (Phi) is 4.09. The highest BCUT2D eigenvalue weighted by Crippen LogP contribution is 2.03. The molecule has 2 heterocycles. The predicted octanol–water partition coefficient (Wildman–Crippen LogP) is 0.841. The minimum absolute atomic E-state index is 0.106. The number of amides is 1. The molecule has 0 saturated heterocycles. The molecule has 2 aromatic rings. The number of nitrogens with two attached hydrogens (primary N) is 1. The fraction of sp³-hybridized carbons (Fsp3) is 0.231. The van der Waals surface area contributed by atoms with E-state index in [0.717, 1.165) is 11.4 Å². The smallest absolute Gasteiger partial charge is 0.251 e. The largest absolute Gasteiger partial charge is 0.364 e. The van der Waals surface area contributed by atoms with Crippen LogP contribution in [-0.4, -0.2) is 22.4 Å². The van der Waals surface area contributed by atoms with Gasteiger partial charge in [0.25, 0.3) is 5.91 Å². The van der Waals surface area contributed by atoms with Gasteiger partial charge in [-0.15, -0.1) is 0 Å². The monoisotopic (exact) mass is 244 g/mol. The SMILES string of the molecule is NCCc1cc(C(=O)NCc2ccc[nH]2)ccn1. The maximum absolute atomic E-state index is 11.9. The van der Waals surface area contributed by atoms with E-state index in [9.17, 15) is 4.79 Å². The van der Waals surface area contributed by atoms with Crippen molar-refractivity contribution < 1.29 is 4.79 Å². The predicted molar refractivity (Wildman–Crippen MR) is 69.0 cm³/mol.